The van der Waals surface area contributed by atoms with Gasteiger partial charge in [-0.15, -0.1) is 0 Å². The molecule has 1 aliphatic carbocycles. The van der Waals surface area contributed by atoms with E-state index >= 15 is 0 Å². The van der Waals surface area contributed by atoms with Crippen LogP contribution in [0.15, 0.2) is 48.5 Å². The maximum absolute atomic E-state index is 12.7. The second-order valence-electron chi connectivity index (χ2n) is 7.28. The zero-order chi connectivity index (χ0) is 17.2. The van der Waals surface area contributed by atoms with Gasteiger partial charge in [0.25, 0.3) is 5.91 Å². The predicted molar refractivity (Wildman–Crippen MR) is 96.1 cm³/mol. The number of ether oxygens (including phenoxy) is 1. The molecule has 1 amide bonds. The number of likely N-dealkylation sites (tertiary alicyclic amines) is 1. The summed E-state index contributed by atoms with van der Waals surface area (Å²) in [7, 11) is 0. The minimum absolute atomic E-state index is 0.0693. The van der Waals surface area contributed by atoms with Crippen LogP contribution >= 0.6 is 0 Å². The van der Waals surface area contributed by atoms with Gasteiger partial charge >= 0.3 is 0 Å². The average molecular weight is 336 g/mol. The topological polar surface area (TPSA) is 42.4 Å². The van der Waals surface area contributed by atoms with Crippen LogP contribution in [0.5, 0.6) is 0 Å². The van der Waals surface area contributed by atoms with E-state index in [2.05, 4.69) is 17.1 Å². The first-order chi connectivity index (χ1) is 12.2. The molecule has 1 saturated heterocycles. The van der Waals surface area contributed by atoms with E-state index < -0.39 is 0 Å². The maximum atomic E-state index is 12.7. The average Bonchev–Trinajstić information content (AvgIpc) is 3.19. The Hall–Kier alpha value is -2.20. The van der Waals surface area contributed by atoms with E-state index in [1.807, 2.05) is 48.2 Å². The van der Waals surface area contributed by atoms with Crippen molar-refractivity contribution in [1.29, 1.82) is 0 Å². The fourth-order valence-corrected chi connectivity index (χ4v) is 4.16. The molecule has 130 valence electrons. The van der Waals surface area contributed by atoms with E-state index in [1.54, 1.807) is 0 Å². The molecule has 1 saturated carbocycles. The van der Waals surface area contributed by atoms with Crippen molar-refractivity contribution in [2.75, 3.05) is 13.1 Å². The summed E-state index contributed by atoms with van der Waals surface area (Å²) < 4.78 is 6.11. The van der Waals surface area contributed by atoms with Crippen molar-refractivity contribution in [2.45, 2.75) is 32.5 Å². The number of benzene rings is 1. The standard InChI is InChI=1S/C21H24N2O2/c1-15-6-5-9-20(22-15)21(24)23-12-17-10-19(11-18(17)13-23)25-14-16-7-3-2-4-8-16/h2-9,17-19H,10-14H2,1H3/t17-,18+,19?. The lowest BCUT2D eigenvalue weighted by molar-refractivity contribution is 0.0367. The minimum Gasteiger partial charge on any atom is -0.374 e. The fraction of sp³-hybridized carbons (Fsp3) is 0.429. The van der Waals surface area contributed by atoms with E-state index in [4.69, 9.17) is 4.74 Å². The summed E-state index contributed by atoms with van der Waals surface area (Å²) in [6, 6.07) is 16.0. The third-order valence-electron chi connectivity index (χ3n) is 5.43. The molecule has 1 unspecified atom stereocenters. The number of nitrogens with zero attached hydrogens (tertiary/aromatic N) is 2. The Bertz CT molecular complexity index is 733. The van der Waals surface area contributed by atoms with Crippen molar-refractivity contribution >= 4 is 5.91 Å². The highest BCUT2D eigenvalue weighted by Gasteiger charge is 2.43. The van der Waals surface area contributed by atoms with E-state index in [0.29, 0.717) is 30.2 Å². The SMILES string of the molecule is Cc1cccc(C(=O)N2C[C@H]3CC(OCc4ccccc4)C[C@H]3C2)n1. The van der Waals surface area contributed by atoms with Crippen molar-refractivity contribution in [3.8, 4) is 0 Å². The molecule has 0 radical (unpaired) electrons. The molecule has 1 aliphatic heterocycles. The first-order valence-electron chi connectivity index (χ1n) is 9.07. The quantitative estimate of drug-likeness (QED) is 0.859. The number of hydrogen-bond acceptors (Lipinski definition) is 3. The lowest BCUT2D eigenvalue weighted by Gasteiger charge is -2.19. The number of hydrogen-bond donors (Lipinski definition) is 0. The van der Waals surface area contributed by atoms with Crippen LogP contribution in [-0.4, -0.2) is 35.0 Å². The highest BCUT2D eigenvalue weighted by Crippen LogP contribution is 2.40. The van der Waals surface area contributed by atoms with Gasteiger partial charge in [0.15, 0.2) is 0 Å². The highest BCUT2D eigenvalue weighted by molar-refractivity contribution is 5.92. The molecule has 2 fully saturated rings. The first kappa shape index (κ1) is 16.3. The van der Waals surface area contributed by atoms with Crippen LogP contribution in [0, 0.1) is 18.8 Å². The van der Waals surface area contributed by atoms with Gasteiger partial charge in [0, 0.05) is 18.8 Å². The Morgan fingerprint density at radius 2 is 1.80 bits per heavy atom. The Kier molecular flexibility index (Phi) is 4.53. The van der Waals surface area contributed by atoms with Crippen LogP contribution in [0.2, 0.25) is 0 Å². The van der Waals surface area contributed by atoms with Gasteiger partial charge in [-0.1, -0.05) is 36.4 Å². The molecule has 1 aromatic heterocycles. The molecule has 4 nitrogen and oxygen atoms in total. The normalized spacial score (nSPS) is 25.2. The summed E-state index contributed by atoms with van der Waals surface area (Å²) in [6.45, 7) is 4.28. The van der Waals surface area contributed by atoms with Crippen LogP contribution in [-0.2, 0) is 11.3 Å². The maximum Gasteiger partial charge on any atom is 0.272 e. The summed E-state index contributed by atoms with van der Waals surface area (Å²) in [4.78, 5) is 19.0. The van der Waals surface area contributed by atoms with Gasteiger partial charge in [-0.25, -0.2) is 4.98 Å². The van der Waals surface area contributed by atoms with Gasteiger partial charge in [-0.05, 0) is 49.3 Å². The molecular formula is C21H24N2O2. The Morgan fingerprint density at radius 3 is 2.48 bits per heavy atom. The number of aromatic nitrogens is 1. The van der Waals surface area contributed by atoms with Crippen molar-refractivity contribution in [3.05, 3.63) is 65.5 Å². The van der Waals surface area contributed by atoms with E-state index in [9.17, 15) is 4.79 Å². The van der Waals surface area contributed by atoms with E-state index in [-0.39, 0.29) is 5.91 Å². The molecule has 2 heterocycles. The second-order valence-corrected chi connectivity index (χ2v) is 7.28. The van der Waals surface area contributed by atoms with Gasteiger partial charge in [-0.3, -0.25) is 4.79 Å². The highest BCUT2D eigenvalue weighted by atomic mass is 16.5. The second kappa shape index (κ2) is 6.96. The van der Waals surface area contributed by atoms with Crippen LogP contribution in [0.4, 0.5) is 0 Å². The molecule has 0 spiro atoms. The first-order valence-corrected chi connectivity index (χ1v) is 9.07. The van der Waals surface area contributed by atoms with Crippen LogP contribution in [0.25, 0.3) is 0 Å². The van der Waals surface area contributed by atoms with Crippen LogP contribution in [0.3, 0.4) is 0 Å². The Balaban J connectivity index is 1.31. The van der Waals surface area contributed by atoms with Crippen LogP contribution in [0.1, 0.15) is 34.6 Å². The molecular weight excluding hydrogens is 312 g/mol. The molecule has 2 aromatic rings. The molecule has 4 rings (SSSR count). The number of carbonyl (C=O) groups is 1. The van der Waals surface area contributed by atoms with Gasteiger partial charge in [0.1, 0.15) is 5.69 Å². The van der Waals surface area contributed by atoms with Gasteiger partial charge in [0.2, 0.25) is 0 Å². The van der Waals surface area contributed by atoms with Crippen molar-refractivity contribution < 1.29 is 9.53 Å². The van der Waals surface area contributed by atoms with E-state index in [1.165, 1.54) is 5.56 Å². The number of pyridine rings is 1. The molecule has 0 bridgehead atoms. The summed E-state index contributed by atoms with van der Waals surface area (Å²) in [5.74, 6) is 1.20. The summed E-state index contributed by atoms with van der Waals surface area (Å²) >= 11 is 0. The van der Waals surface area contributed by atoms with Gasteiger partial charge < -0.3 is 9.64 Å². The summed E-state index contributed by atoms with van der Waals surface area (Å²) in [5, 5.41) is 0. The molecule has 3 atom stereocenters. The number of aryl methyl sites for hydroxylation is 1. The number of fused-ring (bicyclic) bond motifs is 1. The Morgan fingerprint density at radius 1 is 1.08 bits per heavy atom. The molecule has 1 aromatic carbocycles. The molecule has 4 heteroatoms. The van der Waals surface area contributed by atoms with Crippen molar-refractivity contribution in [2.24, 2.45) is 11.8 Å². The lowest BCUT2D eigenvalue weighted by atomic mass is 10.0. The van der Waals surface area contributed by atoms with Gasteiger partial charge in [-0.2, -0.15) is 0 Å². The fourth-order valence-electron chi connectivity index (χ4n) is 4.16. The Labute approximate surface area is 148 Å². The predicted octanol–water partition coefficient (Wildman–Crippen LogP) is 3.46. The zero-order valence-electron chi connectivity index (χ0n) is 14.6. The summed E-state index contributed by atoms with van der Waals surface area (Å²) in [5.41, 5.74) is 2.68. The smallest absolute Gasteiger partial charge is 0.272 e. The van der Waals surface area contributed by atoms with Gasteiger partial charge in [0.05, 0.1) is 12.7 Å². The van der Waals surface area contributed by atoms with Crippen molar-refractivity contribution in [3.63, 3.8) is 0 Å². The lowest BCUT2D eigenvalue weighted by Crippen LogP contribution is -2.31. The largest absolute Gasteiger partial charge is 0.374 e. The molecule has 0 N–H and O–H groups in total. The minimum atomic E-state index is 0.0693. The molecule has 25 heavy (non-hydrogen) atoms. The third-order valence-corrected chi connectivity index (χ3v) is 5.43. The summed E-state index contributed by atoms with van der Waals surface area (Å²) in [6.07, 6.45) is 2.44. The zero-order valence-corrected chi connectivity index (χ0v) is 14.6. The number of amides is 1. The number of carbonyl (C=O) groups excluding carboxylic acids is 1. The molecule has 2 aliphatic rings. The third kappa shape index (κ3) is 3.59. The van der Waals surface area contributed by atoms with Crippen molar-refractivity contribution in [1.82, 2.24) is 9.88 Å². The monoisotopic (exact) mass is 336 g/mol. The van der Waals surface area contributed by atoms with E-state index in [0.717, 1.165) is 31.6 Å². The van der Waals surface area contributed by atoms with Crippen LogP contribution < -0.4 is 0 Å². The number of rotatable bonds is 4.